The highest BCUT2D eigenvalue weighted by atomic mass is 32.2. The fourth-order valence-corrected chi connectivity index (χ4v) is 5.55. The smallest absolute Gasteiger partial charge is 0.211 e. The fraction of sp³-hybridized carbons (Fsp3) is 1.00. The molecule has 3 heterocycles. The molecule has 3 atom stereocenters. The molecule has 21 heavy (non-hydrogen) atoms. The minimum absolute atomic E-state index is 0.238. The summed E-state index contributed by atoms with van der Waals surface area (Å²) in [6, 6.07) is 0. The third-order valence-electron chi connectivity index (χ3n) is 5.95. The average Bonchev–Trinajstić information content (AvgIpc) is 2.93. The van der Waals surface area contributed by atoms with E-state index in [0.717, 1.165) is 44.3 Å². The van der Waals surface area contributed by atoms with Gasteiger partial charge in [-0.25, -0.2) is 12.7 Å². The van der Waals surface area contributed by atoms with E-state index in [1.54, 1.807) is 4.31 Å². The number of nitrogens with one attached hydrogen (secondary N) is 1. The van der Waals surface area contributed by atoms with E-state index in [-0.39, 0.29) is 5.54 Å². The van der Waals surface area contributed by atoms with E-state index in [0.29, 0.717) is 19.0 Å². The van der Waals surface area contributed by atoms with Gasteiger partial charge in [0.25, 0.3) is 0 Å². The van der Waals surface area contributed by atoms with Gasteiger partial charge in [0.15, 0.2) is 0 Å². The second kappa shape index (κ2) is 5.48. The predicted octanol–water partition coefficient (Wildman–Crippen LogP) is 0.588. The summed E-state index contributed by atoms with van der Waals surface area (Å²) in [7, 11) is -3.03. The molecule has 1 N–H and O–H groups in total. The Kier molecular flexibility index (Phi) is 4.10. The van der Waals surface area contributed by atoms with Gasteiger partial charge in [0.1, 0.15) is 0 Å². The van der Waals surface area contributed by atoms with Gasteiger partial charge in [0.05, 0.1) is 6.26 Å². The molecular formula is C15H29N3O2S. The Bertz CT molecular complexity index is 491. The van der Waals surface area contributed by atoms with Gasteiger partial charge >= 0.3 is 0 Å². The molecule has 3 saturated heterocycles. The molecule has 0 aromatic carbocycles. The van der Waals surface area contributed by atoms with Crippen LogP contribution in [0.1, 0.15) is 26.7 Å². The minimum Gasteiger partial charge on any atom is -0.316 e. The second-order valence-electron chi connectivity index (χ2n) is 7.71. The van der Waals surface area contributed by atoms with Crippen molar-refractivity contribution in [3.8, 4) is 0 Å². The number of hydrogen-bond donors (Lipinski definition) is 1. The number of rotatable bonds is 3. The zero-order valence-electron chi connectivity index (χ0n) is 13.5. The van der Waals surface area contributed by atoms with Crippen molar-refractivity contribution < 1.29 is 8.42 Å². The van der Waals surface area contributed by atoms with Crippen molar-refractivity contribution >= 4 is 10.0 Å². The topological polar surface area (TPSA) is 52.6 Å². The van der Waals surface area contributed by atoms with Crippen LogP contribution in [0.2, 0.25) is 0 Å². The Morgan fingerprint density at radius 1 is 1.24 bits per heavy atom. The largest absolute Gasteiger partial charge is 0.316 e. The SMILES string of the molecule is CC1(C)C2CNCC2CN1CC1CCCN(S(C)(=O)=O)C1. The molecule has 0 aromatic heterocycles. The standard InChI is InChI=1S/C15H29N3O2S/c1-15(2)14-8-16-7-13(14)11-17(15)9-12-5-4-6-18(10-12)21(3,19)20/h12-14,16H,4-11H2,1-3H3. The van der Waals surface area contributed by atoms with E-state index in [2.05, 4.69) is 24.1 Å². The van der Waals surface area contributed by atoms with E-state index in [1.807, 2.05) is 0 Å². The summed E-state index contributed by atoms with van der Waals surface area (Å²) in [4.78, 5) is 2.62. The molecule has 3 aliphatic rings. The van der Waals surface area contributed by atoms with Gasteiger partial charge in [-0.1, -0.05) is 0 Å². The molecule has 0 saturated carbocycles. The molecule has 0 bridgehead atoms. The maximum Gasteiger partial charge on any atom is 0.211 e. The van der Waals surface area contributed by atoms with Crippen LogP contribution < -0.4 is 5.32 Å². The zero-order chi connectivity index (χ0) is 15.3. The van der Waals surface area contributed by atoms with Crippen LogP contribution in [0.15, 0.2) is 0 Å². The second-order valence-corrected chi connectivity index (χ2v) is 9.70. The normalized spacial score (nSPS) is 37.8. The number of fused-ring (bicyclic) bond motifs is 1. The molecule has 5 nitrogen and oxygen atoms in total. The summed E-state index contributed by atoms with van der Waals surface area (Å²) in [5.41, 5.74) is 0.238. The lowest BCUT2D eigenvalue weighted by Crippen LogP contribution is -2.49. The van der Waals surface area contributed by atoms with Crippen molar-refractivity contribution in [2.75, 3.05) is 45.5 Å². The summed E-state index contributed by atoms with van der Waals surface area (Å²) < 4.78 is 25.2. The molecule has 0 amide bonds. The van der Waals surface area contributed by atoms with Crippen molar-refractivity contribution in [1.29, 1.82) is 0 Å². The van der Waals surface area contributed by atoms with Crippen LogP contribution in [0.3, 0.4) is 0 Å². The van der Waals surface area contributed by atoms with Gasteiger partial charge < -0.3 is 5.32 Å². The molecule has 0 spiro atoms. The number of nitrogens with zero attached hydrogens (tertiary/aromatic N) is 2. The maximum absolute atomic E-state index is 11.8. The van der Waals surface area contributed by atoms with E-state index in [9.17, 15) is 8.42 Å². The lowest BCUT2D eigenvalue weighted by atomic mass is 9.84. The number of likely N-dealkylation sites (tertiary alicyclic amines) is 1. The first-order chi connectivity index (χ1) is 9.78. The van der Waals surface area contributed by atoms with E-state index < -0.39 is 10.0 Å². The van der Waals surface area contributed by atoms with Gasteiger partial charge in [0.2, 0.25) is 10.0 Å². The average molecular weight is 315 g/mol. The summed E-state index contributed by atoms with van der Waals surface area (Å²) in [5.74, 6) is 2.00. The van der Waals surface area contributed by atoms with Crippen molar-refractivity contribution in [3.05, 3.63) is 0 Å². The highest BCUT2D eigenvalue weighted by Gasteiger charge is 2.49. The number of hydrogen-bond acceptors (Lipinski definition) is 4. The quantitative estimate of drug-likeness (QED) is 0.828. The maximum atomic E-state index is 11.8. The van der Waals surface area contributed by atoms with Gasteiger partial charge in [-0.15, -0.1) is 0 Å². The van der Waals surface area contributed by atoms with E-state index >= 15 is 0 Å². The number of sulfonamides is 1. The van der Waals surface area contributed by atoms with Crippen LogP contribution in [0, 0.1) is 17.8 Å². The van der Waals surface area contributed by atoms with E-state index in [4.69, 9.17) is 0 Å². The van der Waals surface area contributed by atoms with Crippen LogP contribution in [0.25, 0.3) is 0 Å². The van der Waals surface area contributed by atoms with Crippen LogP contribution in [0.4, 0.5) is 0 Å². The van der Waals surface area contributed by atoms with Crippen molar-refractivity contribution in [3.63, 3.8) is 0 Å². The predicted molar refractivity (Wildman–Crippen MR) is 84.6 cm³/mol. The Morgan fingerprint density at radius 3 is 2.67 bits per heavy atom. The Labute approximate surface area is 129 Å². The van der Waals surface area contributed by atoms with Gasteiger partial charge in [0, 0.05) is 38.3 Å². The monoisotopic (exact) mass is 315 g/mol. The van der Waals surface area contributed by atoms with Gasteiger partial charge in [-0.05, 0) is 51.0 Å². The summed E-state index contributed by atoms with van der Waals surface area (Å²) >= 11 is 0. The van der Waals surface area contributed by atoms with Crippen LogP contribution in [-0.2, 0) is 10.0 Å². The number of piperidine rings is 1. The zero-order valence-corrected chi connectivity index (χ0v) is 14.3. The van der Waals surface area contributed by atoms with Crippen molar-refractivity contribution in [1.82, 2.24) is 14.5 Å². The fourth-order valence-electron chi connectivity index (χ4n) is 4.60. The van der Waals surface area contributed by atoms with Crippen LogP contribution in [0.5, 0.6) is 0 Å². The third-order valence-corrected chi connectivity index (χ3v) is 7.22. The summed E-state index contributed by atoms with van der Waals surface area (Å²) in [6.45, 7) is 10.6. The summed E-state index contributed by atoms with van der Waals surface area (Å²) in [6.07, 6.45) is 3.50. The molecule has 3 rings (SSSR count). The van der Waals surface area contributed by atoms with Crippen molar-refractivity contribution in [2.24, 2.45) is 17.8 Å². The molecule has 0 radical (unpaired) electrons. The lowest BCUT2D eigenvalue weighted by molar-refractivity contribution is 0.101. The third kappa shape index (κ3) is 3.00. The molecular weight excluding hydrogens is 286 g/mol. The first-order valence-electron chi connectivity index (χ1n) is 8.19. The highest BCUT2D eigenvalue weighted by molar-refractivity contribution is 7.88. The van der Waals surface area contributed by atoms with Gasteiger partial charge in [-0.2, -0.15) is 0 Å². The van der Waals surface area contributed by atoms with Crippen molar-refractivity contribution in [2.45, 2.75) is 32.2 Å². The molecule has 3 aliphatic heterocycles. The Morgan fingerprint density at radius 2 is 2.00 bits per heavy atom. The van der Waals surface area contributed by atoms with E-state index in [1.165, 1.54) is 12.8 Å². The van der Waals surface area contributed by atoms with Crippen LogP contribution in [-0.4, -0.2) is 68.7 Å². The first kappa shape index (κ1) is 15.7. The first-order valence-corrected chi connectivity index (χ1v) is 10.0. The lowest BCUT2D eigenvalue weighted by Gasteiger charge is -2.40. The molecule has 122 valence electrons. The molecule has 3 unspecified atom stereocenters. The highest BCUT2D eigenvalue weighted by Crippen LogP contribution is 2.41. The van der Waals surface area contributed by atoms with Gasteiger partial charge in [-0.3, -0.25) is 4.90 Å². The Hall–Kier alpha value is -0.170. The minimum atomic E-state index is -3.03. The molecule has 0 aliphatic carbocycles. The molecule has 0 aromatic rings. The van der Waals surface area contributed by atoms with Crippen LogP contribution >= 0.6 is 0 Å². The Balaban J connectivity index is 1.64. The summed E-state index contributed by atoms with van der Waals surface area (Å²) in [5, 5.41) is 3.52. The molecule has 6 heteroatoms. The molecule has 3 fully saturated rings.